The van der Waals surface area contributed by atoms with Crippen molar-refractivity contribution in [3.8, 4) is 0 Å². The summed E-state index contributed by atoms with van der Waals surface area (Å²) in [6.07, 6.45) is 1.56. The van der Waals surface area contributed by atoms with Crippen LogP contribution in [0.25, 0.3) is 0 Å². The molecule has 2 fully saturated rings. The quantitative estimate of drug-likeness (QED) is 0.779. The van der Waals surface area contributed by atoms with Crippen LogP contribution in [0.5, 0.6) is 0 Å². The minimum absolute atomic E-state index is 0.0998. The van der Waals surface area contributed by atoms with Crippen molar-refractivity contribution in [3.05, 3.63) is 29.8 Å². The predicted molar refractivity (Wildman–Crippen MR) is 87.4 cm³/mol. The summed E-state index contributed by atoms with van der Waals surface area (Å²) in [6, 6.07) is 7.10. The molecule has 7 nitrogen and oxygen atoms in total. The summed E-state index contributed by atoms with van der Waals surface area (Å²) >= 11 is 0. The molecule has 0 spiro atoms. The number of benzene rings is 1. The third-order valence-corrected chi connectivity index (χ3v) is 4.51. The van der Waals surface area contributed by atoms with E-state index in [1.807, 2.05) is 12.1 Å². The van der Waals surface area contributed by atoms with Gasteiger partial charge in [-0.3, -0.25) is 9.59 Å². The fraction of sp³-hybridized carbons (Fsp3) is 0.471. The summed E-state index contributed by atoms with van der Waals surface area (Å²) in [4.78, 5) is 36.7. The molecule has 0 bridgehead atoms. The van der Waals surface area contributed by atoms with Gasteiger partial charge >= 0.3 is 5.97 Å². The van der Waals surface area contributed by atoms with E-state index in [-0.39, 0.29) is 24.2 Å². The minimum Gasteiger partial charge on any atom is -0.456 e. The zero-order valence-electron chi connectivity index (χ0n) is 13.4. The van der Waals surface area contributed by atoms with Crippen molar-refractivity contribution in [2.45, 2.75) is 25.4 Å². The van der Waals surface area contributed by atoms with Crippen molar-refractivity contribution < 1.29 is 19.1 Å². The highest BCUT2D eigenvalue weighted by atomic mass is 16.5. The third kappa shape index (κ3) is 3.67. The first-order valence-corrected chi connectivity index (χ1v) is 8.15. The topological polar surface area (TPSA) is 102 Å². The molecule has 0 saturated carbocycles. The lowest BCUT2D eigenvalue weighted by molar-refractivity contribution is -0.122. The van der Waals surface area contributed by atoms with Crippen LogP contribution in [0, 0.1) is 5.92 Å². The number of piperidine rings is 1. The SMILES string of the molecule is NC(=O)[C@@H]1CCCN(c2ccc(C(=O)O[C@H]3CNC(=O)C3)cc2)C1. The van der Waals surface area contributed by atoms with E-state index in [1.165, 1.54) is 0 Å². The van der Waals surface area contributed by atoms with Crippen LogP contribution in [0.1, 0.15) is 29.6 Å². The number of carbonyl (C=O) groups excluding carboxylic acids is 3. The maximum absolute atomic E-state index is 12.1. The van der Waals surface area contributed by atoms with Crippen LogP contribution < -0.4 is 16.0 Å². The average Bonchev–Trinajstić information content (AvgIpc) is 3.00. The van der Waals surface area contributed by atoms with Crippen LogP contribution in [0.2, 0.25) is 0 Å². The largest absolute Gasteiger partial charge is 0.456 e. The molecular formula is C17H21N3O4. The molecule has 2 amide bonds. The number of esters is 1. The highest BCUT2D eigenvalue weighted by Crippen LogP contribution is 2.23. The Balaban J connectivity index is 1.61. The predicted octanol–water partition coefficient (Wildman–Crippen LogP) is 0.434. The second-order valence-corrected chi connectivity index (χ2v) is 6.27. The van der Waals surface area contributed by atoms with Gasteiger partial charge in [0.15, 0.2) is 0 Å². The summed E-state index contributed by atoms with van der Waals surface area (Å²) in [7, 11) is 0. The maximum Gasteiger partial charge on any atom is 0.338 e. The van der Waals surface area contributed by atoms with E-state index in [0.29, 0.717) is 18.7 Å². The molecule has 0 aliphatic carbocycles. The maximum atomic E-state index is 12.1. The smallest absolute Gasteiger partial charge is 0.338 e. The summed E-state index contributed by atoms with van der Waals surface area (Å²) in [5.74, 6) is -0.927. The molecule has 0 radical (unpaired) electrons. The molecule has 3 N–H and O–H groups in total. The van der Waals surface area contributed by atoms with Gasteiger partial charge in [0, 0.05) is 18.8 Å². The second kappa shape index (κ2) is 6.90. The Bertz CT molecular complexity index is 644. The molecule has 0 aromatic heterocycles. The van der Waals surface area contributed by atoms with Crippen LogP contribution in [0.15, 0.2) is 24.3 Å². The minimum atomic E-state index is -0.434. The van der Waals surface area contributed by atoms with Crippen molar-refractivity contribution >= 4 is 23.5 Å². The number of amides is 2. The number of nitrogens with one attached hydrogen (secondary N) is 1. The highest BCUT2D eigenvalue weighted by Gasteiger charge is 2.26. The lowest BCUT2D eigenvalue weighted by Crippen LogP contribution is -2.41. The Morgan fingerprint density at radius 2 is 2.00 bits per heavy atom. The fourth-order valence-electron chi connectivity index (χ4n) is 3.13. The summed E-state index contributed by atoms with van der Waals surface area (Å²) in [5, 5.41) is 2.63. The van der Waals surface area contributed by atoms with Gasteiger partial charge in [0.1, 0.15) is 6.10 Å². The van der Waals surface area contributed by atoms with Gasteiger partial charge in [-0.25, -0.2) is 4.79 Å². The molecule has 2 atom stereocenters. The Hall–Kier alpha value is -2.57. The molecule has 1 aromatic carbocycles. The molecular weight excluding hydrogens is 310 g/mol. The molecule has 2 aliphatic heterocycles. The first-order valence-electron chi connectivity index (χ1n) is 8.15. The van der Waals surface area contributed by atoms with Crippen molar-refractivity contribution in [2.24, 2.45) is 11.7 Å². The van der Waals surface area contributed by atoms with Gasteiger partial charge in [0.25, 0.3) is 0 Å². The van der Waals surface area contributed by atoms with Gasteiger partial charge in [-0.2, -0.15) is 0 Å². The van der Waals surface area contributed by atoms with Crippen LogP contribution >= 0.6 is 0 Å². The van der Waals surface area contributed by atoms with Crippen molar-refractivity contribution in [3.63, 3.8) is 0 Å². The lowest BCUT2D eigenvalue weighted by Gasteiger charge is -2.33. The van der Waals surface area contributed by atoms with E-state index < -0.39 is 12.1 Å². The summed E-state index contributed by atoms with van der Waals surface area (Å²) in [5.41, 5.74) is 6.80. The molecule has 24 heavy (non-hydrogen) atoms. The van der Waals surface area contributed by atoms with Gasteiger partial charge in [0.05, 0.1) is 24.4 Å². The number of carbonyl (C=O) groups is 3. The Morgan fingerprint density at radius 1 is 1.25 bits per heavy atom. The number of primary amides is 1. The zero-order valence-corrected chi connectivity index (χ0v) is 13.4. The first kappa shape index (κ1) is 16.3. The Labute approximate surface area is 140 Å². The molecule has 7 heteroatoms. The van der Waals surface area contributed by atoms with Crippen LogP contribution in [0.4, 0.5) is 5.69 Å². The molecule has 3 rings (SSSR count). The molecule has 2 aliphatic rings. The van der Waals surface area contributed by atoms with E-state index in [9.17, 15) is 14.4 Å². The van der Waals surface area contributed by atoms with Crippen molar-refractivity contribution in [2.75, 3.05) is 24.5 Å². The summed E-state index contributed by atoms with van der Waals surface area (Å²) in [6.45, 7) is 1.84. The number of nitrogens with two attached hydrogens (primary N) is 1. The normalized spacial score (nSPS) is 23.7. The molecule has 1 aromatic rings. The monoisotopic (exact) mass is 331 g/mol. The number of nitrogens with zero attached hydrogens (tertiary/aromatic N) is 1. The average molecular weight is 331 g/mol. The zero-order chi connectivity index (χ0) is 17.1. The lowest BCUT2D eigenvalue weighted by atomic mass is 9.97. The highest BCUT2D eigenvalue weighted by molar-refractivity contribution is 5.90. The van der Waals surface area contributed by atoms with Crippen LogP contribution in [-0.2, 0) is 14.3 Å². The summed E-state index contributed by atoms with van der Waals surface area (Å²) < 4.78 is 5.30. The first-order chi connectivity index (χ1) is 11.5. The Morgan fingerprint density at radius 3 is 2.62 bits per heavy atom. The van der Waals surface area contributed by atoms with Crippen LogP contribution in [0.3, 0.4) is 0 Å². The van der Waals surface area contributed by atoms with E-state index in [1.54, 1.807) is 12.1 Å². The molecule has 0 unspecified atom stereocenters. The van der Waals surface area contributed by atoms with E-state index in [2.05, 4.69) is 10.2 Å². The van der Waals surface area contributed by atoms with Gasteiger partial charge < -0.3 is 20.7 Å². The molecule has 2 saturated heterocycles. The molecule has 128 valence electrons. The fourth-order valence-corrected chi connectivity index (χ4v) is 3.13. The van der Waals surface area contributed by atoms with Crippen LogP contribution in [-0.4, -0.2) is 43.5 Å². The van der Waals surface area contributed by atoms with E-state index in [4.69, 9.17) is 10.5 Å². The Kier molecular flexibility index (Phi) is 4.69. The van der Waals surface area contributed by atoms with Gasteiger partial charge in [-0.1, -0.05) is 0 Å². The van der Waals surface area contributed by atoms with E-state index >= 15 is 0 Å². The van der Waals surface area contributed by atoms with Gasteiger partial charge in [0.2, 0.25) is 11.8 Å². The van der Waals surface area contributed by atoms with Crippen molar-refractivity contribution in [1.29, 1.82) is 0 Å². The number of ether oxygens (including phenoxy) is 1. The third-order valence-electron chi connectivity index (χ3n) is 4.51. The van der Waals surface area contributed by atoms with Crippen molar-refractivity contribution in [1.82, 2.24) is 5.32 Å². The number of hydrogen-bond donors (Lipinski definition) is 2. The number of anilines is 1. The van der Waals surface area contributed by atoms with Gasteiger partial charge in [-0.05, 0) is 37.1 Å². The number of hydrogen-bond acceptors (Lipinski definition) is 5. The number of rotatable bonds is 4. The standard InChI is InChI=1S/C17H21N3O4/c18-16(22)12-2-1-7-20(10-12)13-5-3-11(4-6-13)17(23)24-14-8-15(21)19-9-14/h3-6,12,14H,1-2,7-10H2,(H2,18,22)(H,19,21)/t12-,14-/m1/s1. The van der Waals surface area contributed by atoms with Gasteiger partial charge in [-0.15, -0.1) is 0 Å². The molecule has 2 heterocycles. The second-order valence-electron chi connectivity index (χ2n) is 6.27. The van der Waals surface area contributed by atoms with E-state index in [0.717, 1.165) is 25.1 Å².